The first-order valence-electron chi connectivity index (χ1n) is 13.6. The lowest BCUT2D eigenvalue weighted by atomic mass is 10.1. The molecule has 2 fully saturated rings. The molecule has 11 heteroatoms. The van der Waals surface area contributed by atoms with Crippen molar-refractivity contribution < 1.29 is 33.4 Å². The molecule has 1 atom stereocenters. The maximum absolute atomic E-state index is 13.3. The minimum absolute atomic E-state index is 0.0801. The first-order chi connectivity index (χ1) is 20.3. The van der Waals surface area contributed by atoms with E-state index < -0.39 is 23.6 Å². The van der Waals surface area contributed by atoms with Gasteiger partial charge in [0, 0.05) is 31.1 Å². The normalized spacial score (nSPS) is 17.1. The summed E-state index contributed by atoms with van der Waals surface area (Å²) in [6.07, 6.45) is 0.183. The van der Waals surface area contributed by atoms with Crippen molar-refractivity contribution in [3.63, 3.8) is 0 Å². The SMILES string of the molecule is CC(=O)Nc1ccc(CNC(=O)[C@@H]2CC3(CN2C(=O)CNC(=O)c2ccc(Oc4ccccc4)cc2)OCCO3)cc1. The van der Waals surface area contributed by atoms with Crippen LogP contribution in [0.5, 0.6) is 11.5 Å². The highest BCUT2D eigenvalue weighted by atomic mass is 16.7. The molecule has 2 aliphatic heterocycles. The van der Waals surface area contributed by atoms with Crippen molar-refractivity contribution in [3.05, 3.63) is 90.0 Å². The van der Waals surface area contributed by atoms with Crippen LogP contribution in [-0.4, -0.2) is 66.7 Å². The minimum atomic E-state index is -1.05. The zero-order valence-corrected chi connectivity index (χ0v) is 23.1. The summed E-state index contributed by atoms with van der Waals surface area (Å²) in [7, 11) is 0. The van der Waals surface area contributed by atoms with E-state index in [9.17, 15) is 19.2 Å². The number of hydrogen-bond donors (Lipinski definition) is 3. The number of ether oxygens (including phenoxy) is 3. The van der Waals surface area contributed by atoms with E-state index in [4.69, 9.17) is 14.2 Å². The fourth-order valence-electron chi connectivity index (χ4n) is 4.92. The molecule has 218 valence electrons. The molecule has 0 radical (unpaired) electrons. The molecule has 2 heterocycles. The standard InChI is InChI=1S/C31H32N4O7/c1-21(36)34-24-11-7-22(8-12-24)18-32-30(39)27-17-31(40-15-16-41-31)20-35(27)28(37)19-33-29(38)23-9-13-26(14-10-23)42-25-5-3-2-4-6-25/h2-14,27H,15-20H2,1H3,(H,32,39)(H,33,38)(H,34,36)/t27-/m0/s1. The van der Waals surface area contributed by atoms with Crippen LogP contribution in [0.4, 0.5) is 5.69 Å². The van der Waals surface area contributed by atoms with Crippen molar-refractivity contribution in [1.29, 1.82) is 0 Å². The van der Waals surface area contributed by atoms with Crippen LogP contribution in [0.2, 0.25) is 0 Å². The predicted octanol–water partition coefficient (Wildman–Crippen LogP) is 2.83. The van der Waals surface area contributed by atoms with Gasteiger partial charge >= 0.3 is 0 Å². The predicted molar refractivity (Wildman–Crippen MR) is 153 cm³/mol. The van der Waals surface area contributed by atoms with Gasteiger partial charge in [0.05, 0.1) is 26.3 Å². The van der Waals surface area contributed by atoms with Crippen LogP contribution in [-0.2, 0) is 30.4 Å². The molecule has 0 bridgehead atoms. The highest BCUT2D eigenvalue weighted by Gasteiger charge is 2.52. The van der Waals surface area contributed by atoms with Crippen molar-refractivity contribution >= 4 is 29.3 Å². The number of nitrogens with zero attached hydrogens (tertiary/aromatic N) is 1. The third-order valence-corrected chi connectivity index (χ3v) is 6.97. The van der Waals surface area contributed by atoms with E-state index in [1.54, 1.807) is 48.5 Å². The smallest absolute Gasteiger partial charge is 0.251 e. The van der Waals surface area contributed by atoms with Crippen molar-refractivity contribution in [2.24, 2.45) is 0 Å². The van der Waals surface area contributed by atoms with E-state index in [2.05, 4.69) is 16.0 Å². The fourth-order valence-corrected chi connectivity index (χ4v) is 4.92. The number of anilines is 1. The molecule has 1 spiro atoms. The average Bonchev–Trinajstić information content (AvgIpc) is 3.62. The van der Waals surface area contributed by atoms with Crippen molar-refractivity contribution in [2.75, 3.05) is 31.6 Å². The van der Waals surface area contributed by atoms with Crippen LogP contribution < -0.4 is 20.7 Å². The summed E-state index contributed by atoms with van der Waals surface area (Å²) < 4.78 is 17.3. The average molecular weight is 573 g/mol. The van der Waals surface area contributed by atoms with E-state index in [-0.39, 0.29) is 37.9 Å². The first-order valence-corrected chi connectivity index (χ1v) is 13.6. The van der Waals surface area contributed by atoms with Gasteiger partial charge in [0.2, 0.25) is 17.7 Å². The molecule has 3 N–H and O–H groups in total. The van der Waals surface area contributed by atoms with Crippen LogP contribution >= 0.6 is 0 Å². The van der Waals surface area contributed by atoms with Crippen molar-refractivity contribution in [3.8, 4) is 11.5 Å². The summed E-state index contributed by atoms with van der Waals surface area (Å²) in [5, 5.41) is 8.22. The molecular formula is C31H32N4O7. The zero-order chi connectivity index (χ0) is 29.5. The number of likely N-dealkylation sites (tertiary alicyclic amines) is 1. The van der Waals surface area contributed by atoms with E-state index in [1.165, 1.54) is 11.8 Å². The Balaban J connectivity index is 1.17. The molecule has 3 aromatic rings. The number of hydrogen-bond acceptors (Lipinski definition) is 7. The Morgan fingerprint density at radius 2 is 1.55 bits per heavy atom. The summed E-state index contributed by atoms with van der Waals surface area (Å²) >= 11 is 0. The Morgan fingerprint density at radius 1 is 0.881 bits per heavy atom. The molecule has 3 aromatic carbocycles. The molecule has 0 aliphatic carbocycles. The van der Waals surface area contributed by atoms with Gasteiger partial charge in [0.15, 0.2) is 5.79 Å². The molecule has 42 heavy (non-hydrogen) atoms. The summed E-state index contributed by atoms with van der Waals surface area (Å²) in [6, 6.07) is 22.1. The highest BCUT2D eigenvalue weighted by molar-refractivity contribution is 5.97. The molecular weight excluding hydrogens is 540 g/mol. The first kappa shape index (κ1) is 28.8. The van der Waals surface area contributed by atoms with Gasteiger partial charge in [-0.2, -0.15) is 0 Å². The van der Waals surface area contributed by atoms with Crippen LogP contribution in [0.3, 0.4) is 0 Å². The lowest BCUT2D eigenvalue weighted by Crippen LogP contribution is -2.49. The van der Waals surface area contributed by atoms with Crippen LogP contribution in [0, 0.1) is 0 Å². The van der Waals surface area contributed by atoms with E-state index in [0.29, 0.717) is 36.0 Å². The van der Waals surface area contributed by atoms with Crippen molar-refractivity contribution in [2.45, 2.75) is 31.7 Å². The second kappa shape index (κ2) is 12.8. The Bertz CT molecular complexity index is 1420. The molecule has 0 unspecified atom stereocenters. The van der Waals surface area contributed by atoms with Gasteiger partial charge in [0.25, 0.3) is 5.91 Å². The third-order valence-electron chi connectivity index (χ3n) is 6.97. The van der Waals surface area contributed by atoms with E-state index >= 15 is 0 Å². The Hall–Kier alpha value is -4.74. The summed E-state index contributed by atoms with van der Waals surface area (Å²) in [5.41, 5.74) is 1.84. The van der Waals surface area contributed by atoms with Crippen molar-refractivity contribution in [1.82, 2.24) is 15.5 Å². The van der Waals surface area contributed by atoms with Gasteiger partial charge in [0.1, 0.15) is 17.5 Å². The van der Waals surface area contributed by atoms with Gasteiger partial charge in [-0.1, -0.05) is 30.3 Å². The molecule has 2 aliphatic rings. The number of para-hydroxylation sites is 1. The topological polar surface area (TPSA) is 135 Å². The number of amides is 4. The number of benzene rings is 3. The summed E-state index contributed by atoms with van der Waals surface area (Å²) in [6.45, 7) is 2.18. The number of carbonyl (C=O) groups excluding carboxylic acids is 4. The third kappa shape index (κ3) is 7.12. The lowest BCUT2D eigenvalue weighted by Gasteiger charge is -2.24. The Labute approximate surface area is 243 Å². The molecule has 0 aromatic heterocycles. The van der Waals surface area contributed by atoms with Crippen LogP contribution in [0.25, 0.3) is 0 Å². The lowest BCUT2D eigenvalue weighted by molar-refractivity contribution is -0.152. The zero-order valence-electron chi connectivity index (χ0n) is 23.1. The van der Waals surface area contributed by atoms with Crippen LogP contribution in [0.15, 0.2) is 78.9 Å². The monoisotopic (exact) mass is 572 g/mol. The van der Waals surface area contributed by atoms with E-state index in [1.807, 2.05) is 30.3 Å². The second-order valence-electron chi connectivity index (χ2n) is 10.1. The maximum atomic E-state index is 13.3. The molecule has 5 rings (SSSR count). The van der Waals surface area contributed by atoms with Gasteiger partial charge in [-0.15, -0.1) is 0 Å². The maximum Gasteiger partial charge on any atom is 0.251 e. The largest absolute Gasteiger partial charge is 0.457 e. The number of rotatable bonds is 9. The molecule has 11 nitrogen and oxygen atoms in total. The number of carbonyl (C=O) groups is 4. The quantitative estimate of drug-likeness (QED) is 0.359. The molecule has 4 amide bonds. The second-order valence-corrected chi connectivity index (χ2v) is 10.1. The van der Waals surface area contributed by atoms with Gasteiger partial charge in [-0.05, 0) is 54.1 Å². The van der Waals surface area contributed by atoms with Crippen LogP contribution in [0.1, 0.15) is 29.3 Å². The minimum Gasteiger partial charge on any atom is -0.457 e. The van der Waals surface area contributed by atoms with Gasteiger partial charge < -0.3 is 35.1 Å². The highest BCUT2D eigenvalue weighted by Crippen LogP contribution is 2.35. The summed E-state index contributed by atoms with van der Waals surface area (Å²) in [5.74, 6) is -1.18. The number of nitrogens with one attached hydrogen (secondary N) is 3. The van der Waals surface area contributed by atoms with Gasteiger partial charge in [-0.25, -0.2) is 0 Å². The fraction of sp³-hybridized carbons (Fsp3) is 0.290. The molecule has 0 saturated carbocycles. The van der Waals surface area contributed by atoms with E-state index in [0.717, 1.165) is 5.56 Å². The Kier molecular flexibility index (Phi) is 8.80. The van der Waals surface area contributed by atoms with Gasteiger partial charge in [-0.3, -0.25) is 19.2 Å². The summed E-state index contributed by atoms with van der Waals surface area (Å²) in [4.78, 5) is 51.9. The molecule has 2 saturated heterocycles. The Morgan fingerprint density at radius 3 is 2.21 bits per heavy atom.